The van der Waals surface area contributed by atoms with Crippen molar-refractivity contribution >= 4 is 46.4 Å². The molecule has 208 valence electrons. The number of ether oxygens (including phenoxy) is 2. The first-order valence-corrected chi connectivity index (χ1v) is 12.9. The first-order valence-electron chi connectivity index (χ1n) is 12.1. The molecule has 0 saturated carbocycles. The summed E-state index contributed by atoms with van der Waals surface area (Å²) in [5, 5.41) is 6.34. The number of anilines is 2. The van der Waals surface area contributed by atoms with Crippen LogP contribution in [0.3, 0.4) is 0 Å². The molecule has 40 heavy (non-hydrogen) atoms. The number of nitrogens with one attached hydrogen (secondary N) is 2. The average Bonchev–Trinajstić information content (AvgIpc) is 2.91. The van der Waals surface area contributed by atoms with Gasteiger partial charge in [0.1, 0.15) is 23.0 Å². The van der Waals surface area contributed by atoms with Crippen LogP contribution in [0.25, 0.3) is 0 Å². The van der Waals surface area contributed by atoms with Gasteiger partial charge in [-0.2, -0.15) is 0 Å². The van der Waals surface area contributed by atoms with Crippen molar-refractivity contribution in [1.82, 2.24) is 20.6 Å². The van der Waals surface area contributed by atoms with Crippen molar-refractivity contribution in [2.75, 3.05) is 24.6 Å². The predicted molar refractivity (Wildman–Crippen MR) is 156 cm³/mol. The van der Waals surface area contributed by atoms with Gasteiger partial charge < -0.3 is 31.6 Å². The molecule has 0 saturated heterocycles. The molecule has 4 aromatic rings. The quantitative estimate of drug-likeness (QED) is 0.192. The number of hydrogen-bond donors (Lipinski definition) is 4. The molecule has 0 unspecified atom stereocenters. The van der Waals surface area contributed by atoms with Crippen LogP contribution in [0.15, 0.2) is 73.3 Å². The second-order valence-corrected chi connectivity index (χ2v) is 8.97. The van der Waals surface area contributed by atoms with Gasteiger partial charge in [0.15, 0.2) is 0 Å². The van der Waals surface area contributed by atoms with E-state index in [1.807, 2.05) is 13.8 Å². The molecular formula is C28H28Cl2N6O4. The first-order chi connectivity index (χ1) is 19.2. The summed E-state index contributed by atoms with van der Waals surface area (Å²) in [4.78, 5) is 31.5. The van der Waals surface area contributed by atoms with Gasteiger partial charge in [0, 0.05) is 49.0 Å². The summed E-state index contributed by atoms with van der Waals surface area (Å²) < 4.78 is 11.2. The average molecular weight is 583 g/mol. The molecule has 0 atom stereocenters. The lowest BCUT2D eigenvalue weighted by Gasteiger charge is -2.10. The molecule has 0 fully saturated rings. The van der Waals surface area contributed by atoms with Crippen LogP contribution in [-0.2, 0) is 0 Å². The number of nitrogen functional groups attached to an aromatic ring is 2. The Labute approximate surface area is 241 Å². The van der Waals surface area contributed by atoms with Crippen molar-refractivity contribution in [3.8, 4) is 23.0 Å². The van der Waals surface area contributed by atoms with Gasteiger partial charge >= 0.3 is 0 Å². The Balaban J connectivity index is 0.000000220. The highest BCUT2D eigenvalue weighted by molar-refractivity contribution is 6.30. The van der Waals surface area contributed by atoms with E-state index >= 15 is 0 Å². The molecule has 2 aromatic carbocycles. The number of nitrogens with zero attached hydrogens (tertiary/aromatic N) is 2. The van der Waals surface area contributed by atoms with E-state index in [-0.39, 0.29) is 11.8 Å². The lowest BCUT2D eigenvalue weighted by Crippen LogP contribution is -2.23. The lowest BCUT2D eigenvalue weighted by molar-refractivity contribution is 0.0948. The van der Waals surface area contributed by atoms with Crippen LogP contribution in [0.4, 0.5) is 11.4 Å². The number of hydrogen-bond acceptors (Lipinski definition) is 8. The van der Waals surface area contributed by atoms with E-state index in [0.717, 1.165) is 0 Å². The van der Waals surface area contributed by atoms with Crippen molar-refractivity contribution < 1.29 is 19.1 Å². The standard InChI is InChI=1S/2C14H14ClN3O2/c2*1-2-18-14(19)12-6-10(3-4-13(12)16)20-11-5-9(15)7-17-8-11/h2*3-8H,2,16H2,1H3,(H,18,19). The van der Waals surface area contributed by atoms with Gasteiger partial charge in [-0.15, -0.1) is 0 Å². The van der Waals surface area contributed by atoms with E-state index in [9.17, 15) is 9.59 Å². The summed E-state index contributed by atoms with van der Waals surface area (Å²) in [5.41, 5.74) is 13.1. The summed E-state index contributed by atoms with van der Waals surface area (Å²) in [7, 11) is 0. The molecule has 0 spiro atoms. The number of aromatic nitrogens is 2. The molecule has 0 aliphatic carbocycles. The maximum Gasteiger partial charge on any atom is 0.253 e. The topological polar surface area (TPSA) is 154 Å². The van der Waals surface area contributed by atoms with Crippen LogP contribution in [0.5, 0.6) is 23.0 Å². The maximum absolute atomic E-state index is 11.8. The monoisotopic (exact) mass is 582 g/mol. The Morgan fingerprint density at radius 3 is 1.43 bits per heavy atom. The Morgan fingerprint density at radius 2 is 1.07 bits per heavy atom. The zero-order valence-electron chi connectivity index (χ0n) is 21.8. The Hall–Kier alpha value is -4.54. The smallest absolute Gasteiger partial charge is 0.253 e. The minimum atomic E-state index is -0.236. The van der Waals surface area contributed by atoms with Crippen molar-refractivity contribution in [2.45, 2.75) is 13.8 Å². The van der Waals surface area contributed by atoms with E-state index in [4.69, 9.17) is 44.1 Å². The number of carbonyl (C=O) groups is 2. The third-order valence-electron chi connectivity index (χ3n) is 5.04. The van der Waals surface area contributed by atoms with Crippen LogP contribution < -0.4 is 31.6 Å². The molecule has 4 rings (SSSR count). The van der Waals surface area contributed by atoms with E-state index < -0.39 is 0 Å². The predicted octanol–water partition coefficient (Wildman–Crippen LogP) is 5.72. The minimum absolute atomic E-state index is 0.236. The molecule has 0 radical (unpaired) electrons. The molecule has 12 heteroatoms. The van der Waals surface area contributed by atoms with Crippen LogP contribution >= 0.6 is 23.2 Å². The van der Waals surface area contributed by atoms with Gasteiger partial charge in [0.05, 0.1) is 33.6 Å². The third kappa shape index (κ3) is 8.75. The number of amides is 2. The van der Waals surface area contributed by atoms with Crippen LogP contribution in [0.1, 0.15) is 34.6 Å². The highest BCUT2D eigenvalue weighted by atomic mass is 35.5. The third-order valence-corrected chi connectivity index (χ3v) is 5.46. The summed E-state index contributed by atoms with van der Waals surface area (Å²) in [6.07, 6.45) is 6.09. The normalized spacial score (nSPS) is 10.1. The molecule has 2 amide bonds. The van der Waals surface area contributed by atoms with Crippen molar-refractivity contribution in [3.63, 3.8) is 0 Å². The number of benzene rings is 2. The van der Waals surface area contributed by atoms with E-state index in [0.29, 0.717) is 68.6 Å². The molecular weight excluding hydrogens is 555 g/mol. The highest BCUT2D eigenvalue weighted by Crippen LogP contribution is 2.27. The summed E-state index contributed by atoms with van der Waals surface area (Å²) >= 11 is 11.7. The van der Waals surface area contributed by atoms with Crippen LogP contribution in [0.2, 0.25) is 10.0 Å². The number of pyridine rings is 2. The molecule has 2 aromatic heterocycles. The Morgan fingerprint density at radius 1 is 0.675 bits per heavy atom. The van der Waals surface area contributed by atoms with Crippen LogP contribution in [-0.4, -0.2) is 34.9 Å². The lowest BCUT2D eigenvalue weighted by atomic mass is 10.1. The van der Waals surface area contributed by atoms with Crippen molar-refractivity contribution in [1.29, 1.82) is 0 Å². The maximum atomic E-state index is 11.8. The number of rotatable bonds is 8. The van der Waals surface area contributed by atoms with Gasteiger partial charge in [0.2, 0.25) is 0 Å². The van der Waals surface area contributed by atoms with Gasteiger partial charge in [-0.05, 0) is 50.2 Å². The summed E-state index contributed by atoms with van der Waals surface area (Å²) in [6, 6.07) is 13.0. The molecule has 0 bridgehead atoms. The van der Waals surface area contributed by atoms with Crippen LogP contribution in [0, 0.1) is 0 Å². The fourth-order valence-electron chi connectivity index (χ4n) is 3.27. The fourth-order valence-corrected chi connectivity index (χ4v) is 3.60. The molecule has 2 heterocycles. The highest BCUT2D eigenvalue weighted by Gasteiger charge is 2.12. The van der Waals surface area contributed by atoms with Gasteiger partial charge in [-0.3, -0.25) is 19.6 Å². The SMILES string of the molecule is CCNC(=O)c1cc(Oc2cncc(Cl)c2)ccc1N.CCNC(=O)c1cc(Oc2cncc(Cl)c2)ccc1N. The molecule has 6 N–H and O–H groups in total. The van der Waals surface area contributed by atoms with Crippen molar-refractivity contribution in [2.24, 2.45) is 0 Å². The zero-order chi connectivity index (χ0) is 29.1. The number of halogens is 2. The summed E-state index contributed by atoms with van der Waals surface area (Å²) in [5.74, 6) is 1.49. The largest absolute Gasteiger partial charge is 0.456 e. The van der Waals surface area contributed by atoms with Crippen molar-refractivity contribution in [3.05, 3.63) is 94.5 Å². The summed E-state index contributed by atoms with van der Waals surface area (Å²) in [6.45, 7) is 4.74. The second-order valence-electron chi connectivity index (χ2n) is 8.10. The fraction of sp³-hybridized carbons (Fsp3) is 0.143. The zero-order valence-corrected chi connectivity index (χ0v) is 23.3. The van der Waals surface area contributed by atoms with Gasteiger partial charge in [-0.25, -0.2) is 0 Å². The van der Waals surface area contributed by atoms with E-state index in [2.05, 4.69) is 20.6 Å². The van der Waals surface area contributed by atoms with E-state index in [1.165, 1.54) is 24.8 Å². The molecule has 10 nitrogen and oxygen atoms in total. The first kappa shape index (κ1) is 30.0. The molecule has 0 aliphatic heterocycles. The minimum Gasteiger partial charge on any atom is -0.456 e. The Kier molecular flexibility index (Phi) is 10.9. The number of nitrogens with two attached hydrogens (primary N) is 2. The van der Waals surface area contributed by atoms with Gasteiger partial charge in [0.25, 0.3) is 11.8 Å². The number of carbonyl (C=O) groups excluding carboxylic acids is 2. The van der Waals surface area contributed by atoms with Gasteiger partial charge in [-0.1, -0.05) is 23.2 Å². The Bertz CT molecular complexity index is 1370. The van der Waals surface area contributed by atoms with E-state index in [1.54, 1.807) is 48.5 Å². The molecule has 0 aliphatic rings. The second kappa shape index (κ2) is 14.6.